The molecule has 0 amide bonds. The van der Waals surface area contributed by atoms with Crippen molar-refractivity contribution >= 4 is 11.3 Å². The van der Waals surface area contributed by atoms with E-state index in [0.29, 0.717) is 23.1 Å². The number of aromatic nitrogens is 1. The Balaban J connectivity index is 2.28. The van der Waals surface area contributed by atoms with E-state index in [1.54, 1.807) is 0 Å². The Kier molecular flexibility index (Phi) is 3.86. The van der Waals surface area contributed by atoms with Crippen molar-refractivity contribution in [3.63, 3.8) is 0 Å². The molecule has 19 heavy (non-hydrogen) atoms. The third kappa shape index (κ3) is 3.30. The van der Waals surface area contributed by atoms with E-state index < -0.39 is 23.7 Å². The number of aliphatic hydroxyl groups is 1. The van der Waals surface area contributed by atoms with Crippen LogP contribution in [0.5, 0.6) is 0 Å². The minimum atomic E-state index is -4.56. The first-order valence-electron chi connectivity index (χ1n) is 5.30. The molecule has 7 heteroatoms. The van der Waals surface area contributed by atoms with Crippen molar-refractivity contribution in [2.75, 3.05) is 0 Å². The van der Waals surface area contributed by atoms with Gasteiger partial charge in [-0.05, 0) is 18.2 Å². The largest absolute Gasteiger partial charge is 0.416 e. The second-order valence-corrected chi connectivity index (χ2v) is 4.89. The van der Waals surface area contributed by atoms with Crippen LogP contribution in [0.2, 0.25) is 0 Å². The maximum Gasteiger partial charge on any atom is 0.416 e. The van der Waals surface area contributed by atoms with Gasteiger partial charge >= 0.3 is 6.18 Å². The van der Waals surface area contributed by atoms with Gasteiger partial charge in [0.05, 0.1) is 17.2 Å². The number of rotatable bonds is 3. The molecule has 0 aliphatic carbocycles. The van der Waals surface area contributed by atoms with E-state index in [0.717, 1.165) is 0 Å². The van der Waals surface area contributed by atoms with Gasteiger partial charge in [0.15, 0.2) is 0 Å². The highest BCUT2D eigenvalue weighted by Gasteiger charge is 2.31. The van der Waals surface area contributed by atoms with E-state index in [9.17, 15) is 22.7 Å². The lowest BCUT2D eigenvalue weighted by molar-refractivity contribution is -0.137. The van der Waals surface area contributed by atoms with Gasteiger partial charge in [-0.2, -0.15) is 13.2 Å². The molecule has 2 nitrogen and oxygen atoms in total. The smallest absolute Gasteiger partial charge is 0.388 e. The third-order valence-electron chi connectivity index (χ3n) is 2.56. The topological polar surface area (TPSA) is 33.1 Å². The van der Waals surface area contributed by atoms with Crippen molar-refractivity contribution in [1.29, 1.82) is 0 Å². The number of alkyl halides is 3. The Bertz CT molecular complexity index is 553. The number of aliphatic hydroxyl groups excluding tert-OH is 1. The van der Waals surface area contributed by atoms with Gasteiger partial charge in [-0.25, -0.2) is 4.39 Å². The fourth-order valence-electron chi connectivity index (χ4n) is 1.62. The normalized spacial score (nSPS) is 13.5. The van der Waals surface area contributed by atoms with E-state index in [4.69, 9.17) is 0 Å². The molecule has 0 spiro atoms. The predicted octanol–water partition coefficient (Wildman–Crippen LogP) is 3.58. The molecule has 2 aromatic rings. The van der Waals surface area contributed by atoms with Crippen molar-refractivity contribution in [2.45, 2.75) is 18.7 Å². The molecule has 102 valence electrons. The molecule has 0 saturated heterocycles. The fraction of sp³-hybridized carbons (Fsp3) is 0.250. The van der Waals surface area contributed by atoms with Crippen LogP contribution in [-0.4, -0.2) is 10.1 Å². The van der Waals surface area contributed by atoms with Gasteiger partial charge in [-0.1, -0.05) is 0 Å². The Morgan fingerprint density at radius 3 is 2.63 bits per heavy atom. The number of halogens is 4. The lowest BCUT2D eigenvalue weighted by Crippen LogP contribution is -2.09. The van der Waals surface area contributed by atoms with Crippen LogP contribution in [0.4, 0.5) is 17.6 Å². The zero-order chi connectivity index (χ0) is 14.0. The Labute approximate surface area is 110 Å². The summed E-state index contributed by atoms with van der Waals surface area (Å²) in [5.41, 5.74) is 0.195. The Hall–Kier alpha value is -1.47. The maximum absolute atomic E-state index is 13.5. The van der Waals surface area contributed by atoms with Crippen LogP contribution in [-0.2, 0) is 12.6 Å². The van der Waals surface area contributed by atoms with Crippen LogP contribution >= 0.6 is 11.3 Å². The van der Waals surface area contributed by atoms with E-state index in [2.05, 4.69) is 4.98 Å². The highest BCUT2D eigenvalue weighted by molar-refractivity contribution is 7.09. The number of thiazole rings is 1. The minimum absolute atomic E-state index is 0.0307. The second kappa shape index (κ2) is 5.26. The molecular formula is C12H9F4NOS. The summed E-state index contributed by atoms with van der Waals surface area (Å²) in [7, 11) is 0. The molecule has 0 bridgehead atoms. The third-order valence-corrected chi connectivity index (χ3v) is 3.36. The van der Waals surface area contributed by atoms with Crippen molar-refractivity contribution in [3.05, 3.63) is 51.7 Å². The molecule has 0 fully saturated rings. The van der Waals surface area contributed by atoms with E-state index in [1.807, 2.05) is 0 Å². The summed E-state index contributed by atoms with van der Waals surface area (Å²) < 4.78 is 51.1. The van der Waals surface area contributed by atoms with Crippen molar-refractivity contribution in [1.82, 2.24) is 4.98 Å². The van der Waals surface area contributed by atoms with Crippen LogP contribution < -0.4 is 0 Å². The van der Waals surface area contributed by atoms with Crippen LogP contribution in [0.1, 0.15) is 22.1 Å². The Morgan fingerprint density at radius 1 is 1.32 bits per heavy atom. The van der Waals surface area contributed by atoms with Gasteiger partial charge < -0.3 is 5.11 Å². The molecule has 0 aliphatic heterocycles. The summed E-state index contributed by atoms with van der Waals surface area (Å²) in [5, 5.41) is 9.83. The van der Waals surface area contributed by atoms with Gasteiger partial charge in [0.25, 0.3) is 0 Å². The lowest BCUT2D eigenvalue weighted by atomic mass is 10.0. The molecule has 1 atom stereocenters. The first-order chi connectivity index (χ1) is 8.88. The average molecular weight is 291 g/mol. The summed E-state index contributed by atoms with van der Waals surface area (Å²) in [6.45, 7) is 0. The SMILES string of the molecule is OC(Cc1cncs1)c1cc(C(F)(F)F)ccc1F. The molecule has 2 rings (SSSR count). The standard InChI is InChI=1S/C12H9F4NOS/c13-10-2-1-7(12(14,15)16)3-9(10)11(18)4-8-5-17-6-19-8/h1-3,5-6,11,18H,4H2. The van der Waals surface area contributed by atoms with Crippen LogP contribution in [0.15, 0.2) is 29.9 Å². The van der Waals surface area contributed by atoms with Gasteiger partial charge in [-0.3, -0.25) is 4.98 Å². The number of hydrogen-bond acceptors (Lipinski definition) is 3. The molecule has 0 radical (unpaired) electrons. The van der Waals surface area contributed by atoms with Crippen LogP contribution in [0.25, 0.3) is 0 Å². The summed E-state index contributed by atoms with van der Waals surface area (Å²) in [6, 6.07) is 2.01. The van der Waals surface area contributed by atoms with Gasteiger partial charge in [0, 0.05) is 23.1 Å². The van der Waals surface area contributed by atoms with Crippen molar-refractivity contribution in [2.24, 2.45) is 0 Å². The monoisotopic (exact) mass is 291 g/mol. The molecule has 1 unspecified atom stereocenters. The summed E-state index contributed by atoms with van der Waals surface area (Å²) in [4.78, 5) is 4.45. The molecule has 1 heterocycles. The number of hydrogen-bond donors (Lipinski definition) is 1. The first-order valence-corrected chi connectivity index (χ1v) is 6.18. The van der Waals surface area contributed by atoms with E-state index >= 15 is 0 Å². The highest BCUT2D eigenvalue weighted by Crippen LogP contribution is 2.32. The van der Waals surface area contributed by atoms with Crippen molar-refractivity contribution in [3.8, 4) is 0 Å². The van der Waals surface area contributed by atoms with Crippen LogP contribution in [0, 0.1) is 5.82 Å². The van der Waals surface area contributed by atoms with Crippen molar-refractivity contribution < 1.29 is 22.7 Å². The molecule has 0 aliphatic rings. The zero-order valence-electron chi connectivity index (χ0n) is 9.49. The summed E-state index contributed by atoms with van der Waals surface area (Å²) >= 11 is 1.25. The molecule has 1 aromatic carbocycles. The van der Waals surface area contributed by atoms with Gasteiger partial charge in [0.2, 0.25) is 0 Å². The molecule has 1 N–H and O–H groups in total. The predicted molar refractivity (Wildman–Crippen MR) is 62.2 cm³/mol. The minimum Gasteiger partial charge on any atom is -0.388 e. The highest BCUT2D eigenvalue weighted by atomic mass is 32.1. The first kappa shape index (κ1) is 14.0. The van der Waals surface area contributed by atoms with Crippen LogP contribution in [0.3, 0.4) is 0 Å². The summed E-state index contributed by atoms with van der Waals surface area (Å²) in [5.74, 6) is -0.856. The van der Waals surface area contributed by atoms with Gasteiger partial charge in [0.1, 0.15) is 5.82 Å². The summed E-state index contributed by atoms with van der Waals surface area (Å²) in [6.07, 6.45) is -4.38. The quantitative estimate of drug-likeness (QED) is 0.877. The number of benzene rings is 1. The molecule has 0 saturated carbocycles. The Morgan fingerprint density at radius 2 is 2.05 bits per heavy atom. The zero-order valence-corrected chi connectivity index (χ0v) is 10.3. The molecular weight excluding hydrogens is 282 g/mol. The average Bonchev–Trinajstić information content (AvgIpc) is 2.80. The fourth-order valence-corrected chi connectivity index (χ4v) is 2.25. The van der Waals surface area contributed by atoms with E-state index in [1.165, 1.54) is 23.0 Å². The van der Waals surface area contributed by atoms with Gasteiger partial charge in [-0.15, -0.1) is 11.3 Å². The van der Waals surface area contributed by atoms with E-state index in [-0.39, 0.29) is 12.0 Å². The lowest BCUT2D eigenvalue weighted by Gasteiger charge is -2.14. The second-order valence-electron chi connectivity index (χ2n) is 3.92. The number of nitrogens with zero attached hydrogens (tertiary/aromatic N) is 1. The maximum atomic E-state index is 13.5. The molecule has 1 aromatic heterocycles.